The van der Waals surface area contributed by atoms with Gasteiger partial charge in [-0.25, -0.2) is 28.8 Å². The number of rotatable bonds is 28. The van der Waals surface area contributed by atoms with Crippen molar-refractivity contribution in [2.75, 3.05) is 41.5 Å². The zero-order valence-corrected chi connectivity index (χ0v) is 99.0. The summed E-state index contributed by atoms with van der Waals surface area (Å²) in [6.45, 7) is 80.5. The number of carbonyl (C=O) groups is 4. The number of nitrogens with zero attached hydrogens (tertiary/aromatic N) is 10. The van der Waals surface area contributed by atoms with Crippen molar-refractivity contribution < 1.29 is 97.2 Å². The average Bonchev–Trinajstić information content (AvgIpc) is 1.62. The maximum Gasteiger partial charge on any atom is 0.471 e. The van der Waals surface area contributed by atoms with E-state index in [0.29, 0.717) is 36.0 Å². The highest BCUT2D eigenvalue weighted by Crippen LogP contribution is 2.48. The van der Waals surface area contributed by atoms with Crippen LogP contribution in [0.15, 0.2) is 87.6 Å². The average molecular weight is 2210 g/mol. The van der Waals surface area contributed by atoms with Gasteiger partial charge in [0.2, 0.25) is 0 Å². The fourth-order valence-corrected chi connectivity index (χ4v) is 20.5. The Bertz CT molecular complexity index is 5510. The van der Waals surface area contributed by atoms with Crippen molar-refractivity contribution >= 4 is 126 Å². The second-order valence-electron chi connectivity index (χ2n) is 48.4. The molecule has 3 saturated heterocycles. The number of ether oxygens (including phenoxy) is 6. The maximum atomic E-state index is 13.8. The normalized spacial score (nSPS) is 19.4. The molecule has 35 nitrogen and oxygen atoms in total. The second kappa shape index (κ2) is 46.3. The van der Waals surface area contributed by atoms with Gasteiger partial charge in [0, 0.05) is 70.2 Å². The molecule has 6 heterocycles. The van der Waals surface area contributed by atoms with Crippen molar-refractivity contribution in [1.29, 1.82) is 0 Å². The van der Waals surface area contributed by atoms with Gasteiger partial charge in [0.15, 0.2) is 49.9 Å². The Morgan fingerprint density at radius 2 is 0.768 bits per heavy atom. The van der Waals surface area contributed by atoms with E-state index >= 15 is 0 Å². The van der Waals surface area contributed by atoms with Crippen LogP contribution in [0, 0.1) is 35.6 Å². The van der Waals surface area contributed by atoms with Gasteiger partial charge in [-0.05, 0) is 236 Å². The molecule has 0 spiro atoms. The molecular formula is C97H158F3IN12O23Si6. The van der Waals surface area contributed by atoms with E-state index in [9.17, 15) is 67.0 Å². The van der Waals surface area contributed by atoms with Gasteiger partial charge in [-0.2, -0.15) is 28.1 Å². The molecule has 5 aromatic rings. The van der Waals surface area contributed by atoms with Crippen LogP contribution < -0.4 is 37.5 Å². The minimum Gasteiger partial charge on any atom is -0.444 e. The van der Waals surface area contributed by atoms with Crippen LogP contribution in [0.4, 0.5) is 56.4 Å². The number of nitro groups is 2. The van der Waals surface area contributed by atoms with Crippen molar-refractivity contribution in [3.05, 3.63) is 145 Å². The Kier molecular flexibility index (Phi) is 40.1. The van der Waals surface area contributed by atoms with Gasteiger partial charge in [0.25, 0.3) is 11.4 Å². The summed E-state index contributed by atoms with van der Waals surface area (Å²) in [7, 11) is -12.9. The number of aromatic nitrogens is 6. The van der Waals surface area contributed by atoms with Crippen LogP contribution in [0.2, 0.25) is 109 Å². The number of nitrogens with one attached hydrogen (secondary N) is 2. The standard InChI is InChI=1S/C38H56F3N5O9Si2.C33H53IN4O8Si2.C26H49N3O6Si2/c1-35(2,3)54-34(49)45(23-26-17-16-25(21-27(26)46(50)51)15-14-19-42-32(47)38(39,40)41)30-18-20-44(33(48)43-30)31-22-28(55-57(12,13)37(7,8)9)29(53-31)24-52-56(10,11)36(4,5)6;1-31(2,3)45-30(40)37(20-22-14-15-23(34)18-24(22)38(41)42)27-16-17-36(29(39)35-27)28-19-25(46-48(12,13)33(7,8)9)26(44-28)21-43-47(10,11)32(4,5)6;1-24(2,3)34-23(31)28-20-14-15-29(22(30)27-20)21-16-18(35-37(12,13)26(7,8)9)19(33-21)17-32-36(10,11)25(4,5)6/h16-18,20-21,28-29,31H,19,22-24H2,1-13H3,(H,42,47);14-18,25-26,28H,19-21H2,1-13H3;14-15,18-19,21H,16-17H2,1-13H3,(H,27,28,30,31)/t28?,29-,31-;25?,26-,28-;18?,19-,21-/m111/s1. The monoisotopic (exact) mass is 2210 g/mol. The molecule has 8 rings (SSSR count). The first-order valence-corrected chi connectivity index (χ1v) is 66.3. The van der Waals surface area contributed by atoms with Crippen LogP contribution in [-0.2, 0) is 72.9 Å². The van der Waals surface area contributed by atoms with Crippen LogP contribution in [-0.4, -0.2) is 199 Å². The number of hydrogen-bond donors (Lipinski definition) is 2. The minimum atomic E-state index is -5.08. The summed E-state index contributed by atoms with van der Waals surface area (Å²) >= 11 is 1.99. The Morgan fingerprint density at radius 3 is 1.06 bits per heavy atom. The molecular weight excluding hydrogens is 2050 g/mol. The highest BCUT2D eigenvalue weighted by molar-refractivity contribution is 14.1. The number of hydrogen-bond acceptors (Lipinski definition) is 26. The summed E-state index contributed by atoms with van der Waals surface area (Å²) in [6.07, 6.45) is -5.69. The molecule has 796 valence electrons. The van der Waals surface area contributed by atoms with Crippen LogP contribution in [0.5, 0.6) is 0 Å². The Morgan fingerprint density at radius 1 is 0.458 bits per heavy atom. The van der Waals surface area contributed by atoms with Gasteiger partial charge in [-0.1, -0.05) is 136 Å². The molecule has 0 radical (unpaired) electrons. The molecule has 2 N–H and O–H groups in total. The molecule has 0 saturated carbocycles. The first-order valence-electron chi connectivity index (χ1n) is 47.8. The van der Waals surface area contributed by atoms with Crippen molar-refractivity contribution in [2.45, 2.75) is 406 Å². The summed E-state index contributed by atoms with van der Waals surface area (Å²) in [4.78, 5) is 128. The lowest BCUT2D eigenvalue weighted by Crippen LogP contribution is -2.48. The zero-order chi connectivity index (χ0) is 109. The number of anilines is 3. The molecule has 9 atom stereocenters. The van der Waals surface area contributed by atoms with Gasteiger partial charge in [0.1, 0.15) is 71.3 Å². The summed E-state index contributed by atoms with van der Waals surface area (Å²) in [6, 6.07) is 13.0. The van der Waals surface area contributed by atoms with E-state index in [2.05, 4.69) is 235 Å². The van der Waals surface area contributed by atoms with Crippen molar-refractivity contribution in [3.8, 4) is 11.8 Å². The number of nitro benzene ring substituents is 2. The van der Waals surface area contributed by atoms with Gasteiger partial charge in [0.05, 0.1) is 67.6 Å². The molecule has 0 aliphatic carbocycles. The number of amides is 4. The molecule has 3 aliphatic heterocycles. The molecule has 0 bridgehead atoms. The van der Waals surface area contributed by atoms with Crippen LogP contribution in [0.25, 0.3) is 0 Å². The fourth-order valence-electron chi connectivity index (χ4n) is 12.9. The quantitative estimate of drug-likeness (QED) is 0.0117. The SMILES string of the molecule is CC(C)(C)OC(=O)N(Cc1ccc(C#CCNC(=O)C(F)(F)F)cc1[N+](=O)[O-])c1ccn([C@H]2CC(O[Si](C)(C)C(C)(C)C)[C@@H](CO[Si](C)(C)C(C)(C)C)O2)c(=O)n1.CC(C)(C)OC(=O)N(Cc1ccc(I)cc1[N+](=O)[O-])c1ccn([C@H]2CC(O[Si](C)(C)C(C)(C)C)[C@@H](CO[Si](C)(C)C(C)(C)C)O2)c(=O)n1.CC(C)(C)OC(=O)Nc1ccn([C@H]2CC(O[Si](C)(C)C(C)(C)C)[C@@H](CO[Si](C)(C)C(C)(C)C)O2)c(=O)n1. The van der Waals surface area contributed by atoms with Crippen LogP contribution in [0.3, 0.4) is 0 Å². The number of alkyl halides is 3. The van der Waals surface area contributed by atoms with E-state index in [1.54, 1.807) is 92.0 Å². The highest BCUT2D eigenvalue weighted by Gasteiger charge is 2.52. The van der Waals surface area contributed by atoms with E-state index < -0.39 is 174 Å². The van der Waals surface area contributed by atoms with Gasteiger partial charge < -0.3 is 60.3 Å². The predicted molar refractivity (Wildman–Crippen MR) is 566 cm³/mol. The third kappa shape index (κ3) is 34.7. The van der Waals surface area contributed by atoms with E-state index in [4.69, 9.17) is 55.0 Å². The lowest BCUT2D eigenvalue weighted by molar-refractivity contribution is -0.385. The third-order valence-corrected chi connectivity index (χ3v) is 55.0. The van der Waals surface area contributed by atoms with Crippen LogP contribution in [0.1, 0.15) is 242 Å². The van der Waals surface area contributed by atoms with Crippen LogP contribution >= 0.6 is 22.6 Å². The number of carbonyl (C=O) groups excluding carboxylic acids is 4. The minimum absolute atomic E-state index is 0.00299. The molecule has 3 unspecified atom stereocenters. The largest absolute Gasteiger partial charge is 0.471 e. The first kappa shape index (κ1) is 123. The lowest BCUT2D eigenvalue weighted by Gasteiger charge is -2.40. The van der Waals surface area contributed by atoms with Crippen molar-refractivity contribution in [3.63, 3.8) is 0 Å². The summed E-state index contributed by atoms with van der Waals surface area (Å²) in [5.74, 6) is 2.61. The fraction of sp³-hybridized carbons (Fsp3) is 0.691. The van der Waals surface area contributed by atoms with Gasteiger partial charge >= 0.3 is 47.4 Å². The number of benzene rings is 2. The molecule has 142 heavy (non-hydrogen) atoms. The van der Waals surface area contributed by atoms with Crippen molar-refractivity contribution in [1.82, 2.24) is 34.0 Å². The van der Waals surface area contributed by atoms with E-state index in [-0.39, 0.29) is 108 Å². The molecule has 3 aromatic heterocycles. The topological polar surface area (TPSA) is 401 Å². The Labute approximate surface area is 855 Å². The zero-order valence-electron chi connectivity index (χ0n) is 90.9. The van der Waals surface area contributed by atoms with E-state index in [1.807, 2.05) is 22.6 Å². The van der Waals surface area contributed by atoms with Crippen molar-refractivity contribution in [2.24, 2.45) is 0 Å². The smallest absolute Gasteiger partial charge is 0.444 e. The summed E-state index contributed by atoms with van der Waals surface area (Å²) in [5, 5.41) is 28.0. The van der Waals surface area contributed by atoms with Gasteiger partial charge in [-0.3, -0.25) is 53.8 Å². The first-order chi connectivity index (χ1) is 64.1. The second-order valence-corrected chi connectivity index (χ2v) is 78.3. The molecule has 45 heteroatoms. The third-order valence-electron chi connectivity index (χ3n) is 27.4. The lowest BCUT2D eigenvalue weighted by atomic mass is 10.1. The predicted octanol–water partition coefficient (Wildman–Crippen LogP) is 22.5. The molecule has 3 fully saturated rings. The Hall–Kier alpha value is -7.82. The summed E-state index contributed by atoms with van der Waals surface area (Å²) in [5.41, 5.74) is -4.68. The molecule has 3 aliphatic rings. The highest BCUT2D eigenvalue weighted by atomic mass is 127. The molecule has 4 amide bonds. The van der Waals surface area contributed by atoms with E-state index in [0.717, 1.165) is 15.9 Å². The number of halogens is 4. The maximum absolute atomic E-state index is 13.8. The van der Waals surface area contributed by atoms with E-state index in [1.165, 1.54) is 56.4 Å². The van der Waals surface area contributed by atoms with Gasteiger partial charge in [-0.15, -0.1) is 0 Å². The Balaban J connectivity index is 0.000000333. The summed E-state index contributed by atoms with van der Waals surface area (Å²) < 4.78 is 118. The molecule has 2 aromatic carbocycles.